The molecule has 3 aromatic carbocycles. The van der Waals surface area contributed by atoms with Crippen LogP contribution in [0, 0.1) is 5.82 Å². The molecule has 2 unspecified atom stereocenters. The molecule has 8 nitrogen and oxygen atoms in total. The van der Waals surface area contributed by atoms with Crippen LogP contribution in [0.15, 0.2) is 77.8 Å². The van der Waals surface area contributed by atoms with E-state index in [0.717, 1.165) is 10.8 Å². The minimum Gasteiger partial charge on any atom is -0.494 e. The number of aromatic nitrogens is 1. The van der Waals surface area contributed by atoms with Crippen molar-refractivity contribution < 1.29 is 22.3 Å². The van der Waals surface area contributed by atoms with Crippen LogP contribution >= 0.6 is 0 Å². The zero-order valence-corrected chi connectivity index (χ0v) is 24.7. The number of sulfone groups is 1. The third kappa shape index (κ3) is 5.63. The average Bonchev–Trinajstić information content (AvgIpc) is 3.47. The highest BCUT2D eigenvalue weighted by molar-refractivity contribution is 7.92. The number of carbonyl (C=O) groups is 1. The Morgan fingerprint density at radius 2 is 1.93 bits per heavy atom. The molecule has 0 aliphatic carbocycles. The number of nitrogen functional groups attached to an aromatic ring is 1. The number of amides is 1. The largest absolute Gasteiger partial charge is 0.494 e. The molecule has 0 saturated carbocycles. The van der Waals surface area contributed by atoms with Gasteiger partial charge in [0.05, 0.1) is 22.8 Å². The molecule has 2 atom stereocenters. The molecule has 0 radical (unpaired) electrons. The predicted molar refractivity (Wildman–Crippen MR) is 163 cm³/mol. The summed E-state index contributed by atoms with van der Waals surface area (Å²) in [6.45, 7) is 5.91. The van der Waals surface area contributed by atoms with Gasteiger partial charge in [0, 0.05) is 29.4 Å². The number of likely N-dealkylation sites (tertiary alicyclic amines) is 1. The summed E-state index contributed by atoms with van der Waals surface area (Å²) in [5.74, 6) is -0.0949. The molecule has 42 heavy (non-hydrogen) atoms. The molecule has 0 bridgehead atoms. The number of ether oxygens (including phenoxy) is 1. The van der Waals surface area contributed by atoms with Gasteiger partial charge in [-0.25, -0.2) is 17.8 Å². The summed E-state index contributed by atoms with van der Waals surface area (Å²) in [5, 5.41) is 4.22. The maximum Gasteiger partial charge on any atom is 0.250 e. The van der Waals surface area contributed by atoms with Gasteiger partial charge in [-0.05, 0) is 93.1 Å². The summed E-state index contributed by atoms with van der Waals surface area (Å²) in [7, 11) is -3.60. The third-order valence-corrected chi connectivity index (χ3v) is 9.91. The first kappa shape index (κ1) is 29.3. The summed E-state index contributed by atoms with van der Waals surface area (Å²) >= 11 is 0. The number of nitrogens with zero attached hydrogens (tertiary/aromatic N) is 2. The van der Waals surface area contributed by atoms with Crippen molar-refractivity contribution in [2.75, 3.05) is 24.2 Å². The summed E-state index contributed by atoms with van der Waals surface area (Å²) in [5.41, 5.74) is 7.33. The Morgan fingerprint density at radius 1 is 1.14 bits per heavy atom. The number of anilines is 2. The topological polar surface area (TPSA) is 115 Å². The van der Waals surface area contributed by atoms with Crippen molar-refractivity contribution in [1.29, 1.82) is 0 Å². The van der Waals surface area contributed by atoms with E-state index >= 15 is 4.39 Å². The van der Waals surface area contributed by atoms with E-state index in [1.165, 1.54) is 12.1 Å². The molecule has 1 amide bonds. The quantitative estimate of drug-likeness (QED) is 0.244. The van der Waals surface area contributed by atoms with E-state index in [1.807, 2.05) is 19.1 Å². The lowest BCUT2D eigenvalue weighted by atomic mass is 10.0. The molecule has 10 heteroatoms. The number of pyridine rings is 1. The lowest BCUT2D eigenvalue weighted by Crippen LogP contribution is -2.38. The van der Waals surface area contributed by atoms with Gasteiger partial charge in [-0.1, -0.05) is 18.2 Å². The van der Waals surface area contributed by atoms with Gasteiger partial charge in [0.15, 0.2) is 9.84 Å². The van der Waals surface area contributed by atoms with E-state index in [4.69, 9.17) is 10.5 Å². The summed E-state index contributed by atoms with van der Waals surface area (Å²) in [4.78, 5) is 20.5. The molecule has 220 valence electrons. The van der Waals surface area contributed by atoms with Crippen LogP contribution in [0.4, 0.5) is 15.9 Å². The molecular weight excluding hydrogens is 555 g/mol. The second kappa shape index (κ2) is 12.0. The van der Waals surface area contributed by atoms with Crippen LogP contribution in [0.2, 0.25) is 0 Å². The van der Waals surface area contributed by atoms with Crippen molar-refractivity contribution >= 4 is 38.0 Å². The third-order valence-electron chi connectivity index (χ3n) is 7.68. The maximum absolute atomic E-state index is 15.5. The lowest BCUT2D eigenvalue weighted by Gasteiger charge is -2.31. The standard InChI is InChI=1S/C32H35FN4O4S/c1-4-41-23-12-14-27(33)26(19-23)30(36-22-11-13-24-21(18-22)15-16-35-31(24)34)32(38)37-17-7-9-28(37)25-8-5-6-10-29(25)42(39,40)20(2)3/h5-6,8,10-16,18-20,28,30,36H,4,7,9,17H2,1-3H3,(H2,34,35). The Balaban J connectivity index is 1.58. The first-order chi connectivity index (χ1) is 20.1. The molecule has 1 aliphatic heterocycles. The molecule has 3 N–H and O–H groups in total. The van der Waals surface area contributed by atoms with E-state index in [1.54, 1.807) is 67.4 Å². The minimum atomic E-state index is -3.60. The molecule has 4 aromatic rings. The first-order valence-electron chi connectivity index (χ1n) is 14.1. The molecule has 1 fully saturated rings. The van der Waals surface area contributed by atoms with Gasteiger partial charge in [-0.15, -0.1) is 0 Å². The zero-order valence-electron chi connectivity index (χ0n) is 23.9. The van der Waals surface area contributed by atoms with Crippen molar-refractivity contribution in [3.63, 3.8) is 0 Å². The predicted octanol–water partition coefficient (Wildman–Crippen LogP) is 6.05. The fourth-order valence-electron chi connectivity index (χ4n) is 5.52. The number of hydrogen-bond donors (Lipinski definition) is 2. The van der Waals surface area contributed by atoms with Gasteiger partial charge < -0.3 is 20.7 Å². The van der Waals surface area contributed by atoms with E-state index < -0.39 is 33.0 Å². The first-order valence-corrected chi connectivity index (χ1v) is 15.6. The van der Waals surface area contributed by atoms with Crippen LogP contribution in [-0.2, 0) is 14.6 Å². The van der Waals surface area contributed by atoms with Crippen molar-refractivity contribution in [1.82, 2.24) is 9.88 Å². The van der Waals surface area contributed by atoms with E-state index in [0.29, 0.717) is 48.8 Å². The Morgan fingerprint density at radius 3 is 2.69 bits per heavy atom. The number of hydrogen-bond acceptors (Lipinski definition) is 7. The molecule has 1 saturated heterocycles. The number of fused-ring (bicyclic) bond motifs is 1. The molecular formula is C32H35FN4O4S. The number of halogens is 1. The summed E-state index contributed by atoms with van der Waals surface area (Å²) < 4.78 is 47.6. The van der Waals surface area contributed by atoms with Gasteiger partial charge in [0.25, 0.3) is 0 Å². The highest BCUT2D eigenvalue weighted by Gasteiger charge is 2.38. The van der Waals surface area contributed by atoms with Gasteiger partial charge in [-0.3, -0.25) is 4.79 Å². The average molecular weight is 591 g/mol. The number of carbonyl (C=O) groups excluding carboxylic acids is 1. The van der Waals surface area contributed by atoms with E-state index in [-0.39, 0.29) is 16.4 Å². The molecule has 2 heterocycles. The van der Waals surface area contributed by atoms with Crippen molar-refractivity contribution in [3.05, 3.63) is 89.9 Å². The van der Waals surface area contributed by atoms with Gasteiger partial charge in [0.2, 0.25) is 5.91 Å². The fraction of sp³-hybridized carbons (Fsp3) is 0.312. The van der Waals surface area contributed by atoms with Gasteiger partial charge in [-0.2, -0.15) is 0 Å². The van der Waals surface area contributed by atoms with Crippen molar-refractivity contribution in [2.45, 2.75) is 55.8 Å². The van der Waals surface area contributed by atoms with Gasteiger partial charge in [0.1, 0.15) is 23.4 Å². The highest BCUT2D eigenvalue weighted by atomic mass is 32.2. The van der Waals surface area contributed by atoms with Crippen LogP contribution in [0.5, 0.6) is 5.75 Å². The normalized spacial score (nSPS) is 16.1. The second-order valence-corrected chi connectivity index (χ2v) is 13.1. The Hall–Kier alpha value is -4.18. The van der Waals surface area contributed by atoms with Crippen LogP contribution in [0.25, 0.3) is 10.8 Å². The zero-order chi connectivity index (χ0) is 30.0. The van der Waals surface area contributed by atoms with Crippen LogP contribution < -0.4 is 15.8 Å². The Labute approximate surface area is 245 Å². The van der Waals surface area contributed by atoms with Crippen molar-refractivity contribution in [2.24, 2.45) is 0 Å². The van der Waals surface area contributed by atoms with Crippen LogP contribution in [0.1, 0.15) is 56.8 Å². The fourth-order valence-corrected chi connectivity index (χ4v) is 6.83. The van der Waals surface area contributed by atoms with Crippen LogP contribution in [0.3, 0.4) is 0 Å². The maximum atomic E-state index is 15.5. The van der Waals surface area contributed by atoms with Crippen molar-refractivity contribution in [3.8, 4) is 5.75 Å². The highest BCUT2D eigenvalue weighted by Crippen LogP contribution is 2.39. The SMILES string of the molecule is CCOc1ccc(F)c(C(Nc2ccc3c(N)nccc3c2)C(=O)N2CCCC2c2ccccc2S(=O)(=O)C(C)C)c1. The number of benzene rings is 3. The molecule has 1 aliphatic rings. The number of nitrogens with one attached hydrogen (secondary N) is 1. The van der Waals surface area contributed by atoms with Crippen LogP contribution in [-0.4, -0.2) is 42.6 Å². The van der Waals surface area contributed by atoms with E-state index in [9.17, 15) is 13.2 Å². The van der Waals surface area contributed by atoms with Gasteiger partial charge >= 0.3 is 0 Å². The number of nitrogens with two attached hydrogens (primary N) is 1. The summed E-state index contributed by atoms with van der Waals surface area (Å²) in [6.07, 6.45) is 2.88. The molecule has 5 rings (SSSR count). The monoisotopic (exact) mass is 590 g/mol. The second-order valence-electron chi connectivity index (χ2n) is 10.6. The smallest absolute Gasteiger partial charge is 0.250 e. The molecule has 0 spiro atoms. The van der Waals surface area contributed by atoms with E-state index in [2.05, 4.69) is 10.3 Å². The minimum absolute atomic E-state index is 0.133. The lowest BCUT2D eigenvalue weighted by molar-refractivity contribution is -0.133. The summed E-state index contributed by atoms with van der Waals surface area (Å²) in [6, 6.07) is 16.8. The Bertz CT molecular complexity index is 1730. The number of rotatable bonds is 9. The Kier molecular flexibility index (Phi) is 8.36. The molecule has 1 aromatic heterocycles.